The molecule has 0 spiro atoms. The first-order valence-corrected chi connectivity index (χ1v) is 6.37. The molecule has 1 aromatic carbocycles. The Balaban J connectivity index is 2.13. The molecule has 0 radical (unpaired) electrons. The van der Waals surface area contributed by atoms with Crippen LogP contribution in [0.15, 0.2) is 24.3 Å². The minimum absolute atomic E-state index is 0.247. The van der Waals surface area contributed by atoms with Gasteiger partial charge >= 0.3 is 0 Å². The van der Waals surface area contributed by atoms with Crippen molar-refractivity contribution in [2.45, 2.75) is 12.1 Å². The Labute approximate surface area is 121 Å². The highest BCUT2D eigenvalue weighted by molar-refractivity contribution is 5.96. The summed E-state index contributed by atoms with van der Waals surface area (Å²) >= 11 is 0. The average Bonchev–Trinajstić information content (AvgIpc) is 2.42. The number of hydrogen-bond acceptors (Lipinski definition) is 6. The van der Waals surface area contributed by atoms with Crippen LogP contribution in [0.2, 0.25) is 0 Å². The minimum atomic E-state index is -0.732. The van der Waals surface area contributed by atoms with Crippen LogP contribution in [0, 0.1) is 0 Å². The van der Waals surface area contributed by atoms with Gasteiger partial charge < -0.3 is 26.0 Å². The predicted octanol–water partition coefficient (Wildman–Crippen LogP) is -1.77. The van der Waals surface area contributed by atoms with Crippen LogP contribution in [0.3, 0.4) is 0 Å². The van der Waals surface area contributed by atoms with Crippen molar-refractivity contribution in [1.29, 1.82) is 0 Å². The van der Waals surface area contributed by atoms with E-state index in [-0.39, 0.29) is 18.0 Å². The molecule has 2 rings (SSSR count). The van der Waals surface area contributed by atoms with Gasteiger partial charge in [0.15, 0.2) is 0 Å². The fourth-order valence-corrected chi connectivity index (χ4v) is 2.24. The number of benzene rings is 1. The first kappa shape index (κ1) is 15.2. The number of likely N-dealkylation sites (tertiary alicyclic amines) is 1. The monoisotopic (exact) mass is 295 g/mol. The summed E-state index contributed by atoms with van der Waals surface area (Å²) in [4.78, 5) is 24.6. The summed E-state index contributed by atoms with van der Waals surface area (Å²) in [5.41, 5.74) is 5.52. The second-order valence-electron chi connectivity index (χ2n) is 4.58. The van der Waals surface area contributed by atoms with Crippen molar-refractivity contribution in [2.75, 3.05) is 20.0 Å². The van der Waals surface area contributed by atoms with Crippen LogP contribution in [-0.2, 0) is 4.79 Å². The van der Waals surface area contributed by atoms with E-state index < -0.39 is 30.7 Å². The molecule has 8 nitrogen and oxygen atoms in total. The highest BCUT2D eigenvalue weighted by Crippen LogP contribution is 2.26. The van der Waals surface area contributed by atoms with E-state index in [0.717, 1.165) is 0 Å². The average molecular weight is 295 g/mol. The van der Waals surface area contributed by atoms with Crippen LogP contribution < -0.4 is 15.8 Å². The SMILES string of the molecule is NC(=O)C1C(Oc2ccccc2C(=O)NCO)CN1CO. The topological polar surface area (TPSA) is 125 Å². The van der Waals surface area contributed by atoms with Gasteiger partial charge in [-0.25, -0.2) is 0 Å². The molecule has 5 N–H and O–H groups in total. The normalized spacial score (nSPS) is 21.4. The molecule has 1 aromatic rings. The molecular weight excluding hydrogens is 278 g/mol. The third-order valence-electron chi connectivity index (χ3n) is 3.28. The lowest BCUT2D eigenvalue weighted by atomic mass is 9.99. The maximum atomic E-state index is 11.8. The number of hydrogen-bond donors (Lipinski definition) is 4. The van der Waals surface area contributed by atoms with Crippen LogP contribution in [0.25, 0.3) is 0 Å². The Kier molecular flexibility index (Phi) is 4.73. The summed E-state index contributed by atoms with van der Waals surface area (Å²) < 4.78 is 5.66. The Bertz CT molecular complexity index is 536. The first-order chi connectivity index (χ1) is 10.1. The zero-order chi connectivity index (χ0) is 15.4. The number of primary amides is 1. The van der Waals surface area contributed by atoms with E-state index in [1.54, 1.807) is 24.3 Å². The highest BCUT2D eigenvalue weighted by Gasteiger charge is 2.44. The minimum Gasteiger partial charge on any atom is -0.486 e. The van der Waals surface area contributed by atoms with Crippen molar-refractivity contribution in [3.63, 3.8) is 0 Å². The van der Waals surface area contributed by atoms with Gasteiger partial charge in [-0.2, -0.15) is 0 Å². The van der Waals surface area contributed by atoms with Crippen LogP contribution in [0.1, 0.15) is 10.4 Å². The largest absolute Gasteiger partial charge is 0.486 e. The molecule has 2 atom stereocenters. The van der Waals surface area contributed by atoms with Crippen molar-refractivity contribution < 1.29 is 24.5 Å². The standard InChI is InChI=1S/C13H17N3O5/c14-12(19)11-10(5-16(11)7-18)21-9-4-2-1-3-8(9)13(20)15-6-17/h1-4,10-11,17-18H,5-7H2,(H2,14,19)(H,15,20). The molecule has 0 aliphatic carbocycles. The molecule has 0 bridgehead atoms. The number of nitrogens with zero attached hydrogens (tertiary/aromatic N) is 1. The smallest absolute Gasteiger partial charge is 0.256 e. The van der Waals surface area contributed by atoms with Gasteiger partial charge in [0.25, 0.3) is 5.91 Å². The van der Waals surface area contributed by atoms with E-state index in [9.17, 15) is 9.59 Å². The molecular formula is C13H17N3O5. The Morgan fingerprint density at radius 2 is 2.10 bits per heavy atom. The number of nitrogens with one attached hydrogen (secondary N) is 1. The summed E-state index contributed by atoms with van der Waals surface area (Å²) in [6.45, 7) is -0.445. The van der Waals surface area contributed by atoms with E-state index in [0.29, 0.717) is 6.54 Å². The van der Waals surface area contributed by atoms with Gasteiger partial charge in [0.1, 0.15) is 24.6 Å². The van der Waals surface area contributed by atoms with Gasteiger partial charge in [-0.3, -0.25) is 14.5 Å². The Morgan fingerprint density at radius 1 is 1.38 bits per heavy atom. The lowest BCUT2D eigenvalue weighted by Crippen LogP contribution is -2.67. The zero-order valence-corrected chi connectivity index (χ0v) is 11.2. The van der Waals surface area contributed by atoms with Crippen molar-refractivity contribution in [1.82, 2.24) is 10.2 Å². The number of para-hydroxylation sites is 1. The maximum Gasteiger partial charge on any atom is 0.256 e. The van der Waals surface area contributed by atoms with Gasteiger partial charge in [0.05, 0.1) is 12.3 Å². The molecule has 1 aliphatic rings. The number of carbonyl (C=O) groups is 2. The molecule has 21 heavy (non-hydrogen) atoms. The quantitative estimate of drug-likeness (QED) is 0.460. The Morgan fingerprint density at radius 3 is 2.71 bits per heavy atom. The summed E-state index contributed by atoms with van der Waals surface area (Å²) in [6.07, 6.45) is -0.530. The summed E-state index contributed by atoms with van der Waals surface area (Å²) in [5.74, 6) is -0.794. The molecule has 2 amide bonds. The van der Waals surface area contributed by atoms with Crippen LogP contribution in [0.5, 0.6) is 5.75 Å². The van der Waals surface area contributed by atoms with E-state index in [4.69, 9.17) is 20.7 Å². The van der Waals surface area contributed by atoms with Gasteiger partial charge in [0, 0.05) is 6.54 Å². The molecule has 1 aliphatic heterocycles. The zero-order valence-electron chi connectivity index (χ0n) is 11.2. The van der Waals surface area contributed by atoms with Crippen molar-refractivity contribution in [2.24, 2.45) is 5.73 Å². The summed E-state index contributed by atoms with van der Waals surface area (Å²) in [7, 11) is 0. The van der Waals surface area contributed by atoms with Crippen molar-refractivity contribution in [3.05, 3.63) is 29.8 Å². The molecule has 2 unspecified atom stereocenters. The van der Waals surface area contributed by atoms with E-state index in [2.05, 4.69) is 5.32 Å². The molecule has 1 fully saturated rings. The fourth-order valence-electron chi connectivity index (χ4n) is 2.24. The third kappa shape index (κ3) is 3.13. The number of rotatable bonds is 6. The first-order valence-electron chi connectivity index (χ1n) is 6.37. The molecule has 1 saturated heterocycles. The van der Waals surface area contributed by atoms with Crippen LogP contribution >= 0.6 is 0 Å². The number of aliphatic hydroxyl groups is 2. The fraction of sp³-hybridized carbons (Fsp3) is 0.385. The van der Waals surface area contributed by atoms with Gasteiger partial charge in [-0.05, 0) is 12.1 Å². The number of ether oxygens (including phenoxy) is 1. The van der Waals surface area contributed by atoms with Gasteiger partial charge in [-0.15, -0.1) is 0 Å². The third-order valence-corrected chi connectivity index (χ3v) is 3.28. The number of amides is 2. The van der Waals surface area contributed by atoms with Crippen LogP contribution in [-0.4, -0.2) is 59.1 Å². The van der Waals surface area contributed by atoms with E-state index in [1.807, 2.05) is 0 Å². The maximum absolute atomic E-state index is 11.8. The van der Waals surface area contributed by atoms with Crippen LogP contribution in [0.4, 0.5) is 0 Å². The lowest BCUT2D eigenvalue weighted by Gasteiger charge is -2.44. The van der Waals surface area contributed by atoms with Crippen molar-refractivity contribution in [3.8, 4) is 5.75 Å². The molecule has 0 aromatic heterocycles. The Hall–Kier alpha value is -2.16. The molecule has 8 heteroatoms. The van der Waals surface area contributed by atoms with Crippen molar-refractivity contribution >= 4 is 11.8 Å². The summed E-state index contributed by atoms with van der Waals surface area (Å²) in [6, 6.07) is 5.75. The molecule has 114 valence electrons. The lowest BCUT2D eigenvalue weighted by molar-refractivity contribution is -0.143. The van der Waals surface area contributed by atoms with E-state index >= 15 is 0 Å². The second kappa shape index (κ2) is 6.53. The van der Waals surface area contributed by atoms with Gasteiger partial charge in [-0.1, -0.05) is 12.1 Å². The highest BCUT2D eigenvalue weighted by atomic mass is 16.5. The van der Waals surface area contributed by atoms with E-state index in [1.165, 1.54) is 4.90 Å². The number of carbonyl (C=O) groups excluding carboxylic acids is 2. The molecule has 1 heterocycles. The molecule has 0 saturated carbocycles. The van der Waals surface area contributed by atoms with Gasteiger partial charge in [0.2, 0.25) is 5.91 Å². The number of aliphatic hydroxyl groups excluding tert-OH is 2. The predicted molar refractivity (Wildman–Crippen MR) is 72.2 cm³/mol. The number of nitrogens with two attached hydrogens (primary N) is 1. The summed E-state index contributed by atoms with van der Waals surface area (Å²) in [5, 5.41) is 20.1. The second-order valence-corrected chi connectivity index (χ2v) is 4.58.